The number of allylic oxidation sites excluding steroid dienone is 2. The number of hydrogen-bond acceptors (Lipinski definition) is 0. The first-order valence-corrected chi connectivity index (χ1v) is 12.9. The van der Waals surface area contributed by atoms with Gasteiger partial charge in [-0.15, -0.1) is 0 Å². The quantitative estimate of drug-likeness (QED) is 0.240. The molecule has 0 spiro atoms. The molecule has 0 saturated heterocycles. The van der Waals surface area contributed by atoms with Gasteiger partial charge in [0.1, 0.15) is 0 Å². The summed E-state index contributed by atoms with van der Waals surface area (Å²) in [6.07, 6.45) is 8.01. The highest BCUT2D eigenvalue weighted by atomic mass is 19.3. The normalized spacial score (nSPS) is 28.4. The number of alkyl halides is 6. The van der Waals surface area contributed by atoms with Crippen molar-refractivity contribution in [2.75, 3.05) is 0 Å². The van der Waals surface area contributed by atoms with Crippen molar-refractivity contribution in [3.8, 4) is 0 Å². The van der Waals surface area contributed by atoms with Gasteiger partial charge in [-0.3, -0.25) is 0 Å². The molecule has 0 radical (unpaired) electrons. The molecular formula is C28H38F6. The molecule has 0 amide bonds. The van der Waals surface area contributed by atoms with E-state index in [-0.39, 0.29) is 31.1 Å². The molecule has 2 fully saturated rings. The predicted octanol–water partition coefficient (Wildman–Crippen LogP) is 9.58. The zero-order valence-electron chi connectivity index (χ0n) is 20.3. The zero-order valence-corrected chi connectivity index (χ0v) is 20.3. The first-order chi connectivity index (χ1) is 16.0. The highest BCUT2D eigenvalue weighted by molar-refractivity contribution is 5.28. The molecule has 2 aliphatic rings. The largest absolute Gasteiger partial charge is 0.335 e. The van der Waals surface area contributed by atoms with E-state index in [1.165, 1.54) is 12.1 Å². The van der Waals surface area contributed by atoms with E-state index in [2.05, 4.69) is 0 Å². The molecule has 2 aliphatic carbocycles. The molecule has 2 saturated carbocycles. The number of hydrogen-bond donors (Lipinski definition) is 0. The molecule has 1 aromatic rings. The lowest BCUT2D eigenvalue weighted by Crippen LogP contribution is -2.46. The maximum absolute atomic E-state index is 15.1. The fraction of sp³-hybridized carbons (Fsp3) is 0.714. The van der Waals surface area contributed by atoms with Gasteiger partial charge in [0, 0.05) is 23.8 Å². The van der Waals surface area contributed by atoms with Crippen molar-refractivity contribution in [3.05, 3.63) is 47.5 Å². The Labute approximate surface area is 200 Å². The highest BCUT2D eigenvalue weighted by Gasteiger charge is 2.62. The number of benzene rings is 1. The fourth-order valence-corrected chi connectivity index (χ4v) is 6.05. The summed E-state index contributed by atoms with van der Waals surface area (Å²) in [7, 11) is 0. The van der Waals surface area contributed by atoms with E-state index in [1.807, 2.05) is 26.0 Å². The van der Waals surface area contributed by atoms with Crippen LogP contribution >= 0.6 is 0 Å². The van der Waals surface area contributed by atoms with E-state index in [0.29, 0.717) is 38.5 Å². The van der Waals surface area contributed by atoms with Gasteiger partial charge >= 0.3 is 11.8 Å². The summed E-state index contributed by atoms with van der Waals surface area (Å²) in [4.78, 5) is 0. The van der Waals surface area contributed by atoms with Gasteiger partial charge in [-0.05, 0) is 82.1 Å². The Hall–Kier alpha value is -1.46. The lowest BCUT2D eigenvalue weighted by Gasteiger charge is -2.43. The molecule has 6 heteroatoms. The second kappa shape index (κ2) is 11.1. The van der Waals surface area contributed by atoms with Crippen molar-refractivity contribution in [2.24, 2.45) is 23.7 Å². The molecule has 0 bridgehead atoms. The molecular weight excluding hydrogens is 450 g/mol. The van der Waals surface area contributed by atoms with Gasteiger partial charge in [-0.2, -0.15) is 17.6 Å². The van der Waals surface area contributed by atoms with Crippen molar-refractivity contribution >= 4 is 0 Å². The van der Waals surface area contributed by atoms with Crippen molar-refractivity contribution in [3.63, 3.8) is 0 Å². The van der Waals surface area contributed by atoms with Crippen LogP contribution in [-0.2, 0) is 12.3 Å². The van der Waals surface area contributed by atoms with Gasteiger partial charge < -0.3 is 0 Å². The summed E-state index contributed by atoms with van der Waals surface area (Å²) in [6, 6.07) is 5.21. The molecule has 1 aromatic carbocycles. The summed E-state index contributed by atoms with van der Waals surface area (Å²) in [5.41, 5.74) is 0.162. The zero-order chi connectivity index (χ0) is 25.0. The third-order valence-electron chi connectivity index (χ3n) is 8.18. The lowest BCUT2D eigenvalue weighted by molar-refractivity contribution is -0.250. The van der Waals surface area contributed by atoms with E-state index < -0.39 is 35.2 Å². The number of aryl methyl sites for hydroxylation is 1. The minimum Gasteiger partial charge on any atom is -0.207 e. The Morgan fingerprint density at radius 3 is 2.09 bits per heavy atom. The summed E-state index contributed by atoms with van der Waals surface area (Å²) in [5, 5.41) is 0. The third kappa shape index (κ3) is 5.84. The summed E-state index contributed by atoms with van der Waals surface area (Å²) in [6.45, 7) is 3.80. The van der Waals surface area contributed by atoms with Gasteiger partial charge in [-0.25, -0.2) is 8.78 Å². The van der Waals surface area contributed by atoms with Crippen LogP contribution in [0.1, 0.15) is 89.2 Å². The van der Waals surface area contributed by atoms with Crippen molar-refractivity contribution < 1.29 is 26.3 Å². The average Bonchev–Trinajstić information content (AvgIpc) is 2.81. The smallest absolute Gasteiger partial charge is 0.207 e. The predicted molar refractivity (Wildman–Crippen MR) is 125 cm³/mol. The Kier molecular flexibility index (Phi) is 8.84. The summed E-state index contributed by atoms with van der Waals surface area (Å²) < 4.78 is 89.2. The maximum Gasteiger partial charge on any atom is 0.335 e. The van der Waals surface area contributed by atoms with Crippen LogP contribution in [0.15, 0.2) is 36.4 Å². The van der Waals surface area contributed by atoms with Gasteiger partial charge in [0.25, 0.3) is 5.92 Å². The second-order valence-electron chi connectivity index (χ2n) is 10.4. The average molecular weight is 489 g/mol. The van der Waals surface area contributed by atoms with Gasteiger partial charge in [0.2, 0.25) is 0 Å². The minimum absolute atomic E-state index is 0.0465. The molecule has 0 N–H and O–H groups in total. The Balaban J connectivity index is 1.60. The Bertz CT molecular complexity index is 790. The molecule has 0 nitrogen and oxygen atoms in total. The van der Waals surface area contributed by atoms with Crippen molar-refractivity contribution in [1.82, 2.24) is 0 Å². The van der Waals surface area contributed by atoms with E-state index in [9.17, 15) is 17.6 Å². The topological polar surface area (TPSA) is 0 Å². The van der Waals surface area contributed by atoms with Gasteiger partial charge in [0.05, 0.1) is 0 Å². The van der Waals surface area contributed by atoms with E-state index >= 15 is 8.78 Å². The van der Waals surface area contributed by atoms with Crippen molar-refractivity contribution in [2.45, 2.75) is 102 Å². The fourth-order valence-electron chi connectivity index (χ4n) is 6.05. The van der Waals surface area contributed by atoms with Crippen LogP contribution < -0.4 is 0 Å². The van der Waals surface area contributed by atoms with Crippen LogP contribution in [0.2, 0.25) is 0 Å². The monoisotopic (exact) mass is 488 g/mol. The first-order valence-electron chi connectivity index (χ1n) is 12.9. The highest BCUT2D eigenvalue weighted by Crippen LogP contribution is 2.54. The Morgan fingerprint density at radius 2 is 1.53 bits per heavy atom. The second-order valence-corrected chi connectivity index (χ2v) is 10.4. The van der Waals surface area contributed by atoms with E-state index in [4.69, 9.17) is 0 Å². The molecule has 2 unspecified atom stereocenters. The van der Waals surface area contributed by atoms with Crippen LogP contribution in [0, 0.1) is 23.7 Å². The molecule has 0 aromatic heterocycles. The van der Waals surface area contributed by atoms with Gasteiger partial charge in [-0.1, -0.05) is 49.8 Å². The van der Waals surface area contributed by atoms with E-state index in [0.717, 1.165) is 30.5 Å². The molecule has 192 valence electrons. The number of halogens is 6. The van der Waals surface area contributed by atoms with Crippen LogP contribution in [0.4, 0.5) is 26.3 Å². The maximum atomic E-state index is 15.1. The number of rotatable bonds is 9. The first kappa shape index (κ1) is 27.1. The molecule has 34 heavy (non-hydrogen) atoms. The van der Waals surface area contributed by atoms with Crippen molar-refractivity contribution in [1.29, 1.82) is 0 Å². The summed E-state index contributed by atoms with van der Waals surface area (Å²) in [5.74, 6) is -13.5. The van der Waals surface area contributed by atoms with Gasteiger partial charge in [0.15, 0.2) is 0 Å². The molecule has 2 atom stereocenters. The molecule has 0 aliphatic heterocycles. The van der Waals surface area contributed by atoms with E-state index in [1.54, 1.807) is 0 Å². The third-order valence-corrected chi connectivity index (χ3v) is 8.18. The van der Waals surface area contributed by atoms with Crippen LogP contribution in [-0.4, -0.2) is 11.8 Å². The molecule has 3 rings (SSSR count). The lowest BCUT2D eigenvalue weighted by atomic mass is 9.66. The molecule has 0 heterocycles. The van der Waals surface area contributed by atoms with Crippen LogP contribution in [0.5, 0.6) is 0 Å². The summed E-state index contributed by atoms with van der Waals surface area (Å²) >= 11 is 0. The standard InChI is InChI=1S/C28H38F6/c1-3-5-6-8-20-9-14-24(15-10-20)27(31,32)28(33,34)25-17-11-21(12-18-25)22-13-16-23(7-4-2)26(29,30)19-22/h3,5,9-10,14-15,21-23,25H,4,6-8,11-13,16-19H2,1-2H3/b5-3+. The SMILES string of the molecule is C/C=C/CCc1ccc(C(F)(F)C(F)(F)C2CCC(C3CCC(CCC)C(F)(F)C3)CC2)cc1. The Morgan fingerprint density at radius 1 is 0.912 bits per heavy atom. The van der Waals surface area contributed by atoms with Crippen LogP contribution in [0.25, 0.3) is 0 Å². The van der Waals surface area contributed by atoms with Crippen LogP contribution in [0.3, 0.4) is 0 Å². The minimum atomic E-state index is -4.27.